The van der Waals surface area contributed by atoms with Crippen molar-refractivity contribution in [3.63, 3.8) is 0 Å². The van der Waals surface area contributed by atoms with Crippen LogP contribution in [0.1, 0.15) is 30.3 Å². The molecule has 2 aliphatic heterocycles. The molecule has 0 spiro atoms. The molecule has 4 heterocycles. The molecule has 0 radical (unpaired) electrons. The van der Waals surface area contributed by atoms with Gasteiger partial charge in [0.25, 0.3) is 0 Å². The van der Waals surface area contributed by atoms with Crippen LogP contribution in [0.15, 0.2) is 47.0 Å². The van der Waals surface area contributed by atoms with Gasteiger partial charge < -0.3 is 18.7 Å². The number of fused-ring (bicyclic) bond motifs is 4. The second kappa shape index (κ2) is 8.02. The lowest BCUT2D eigenvalue weighted by Crippen LogP contribution is -2.35. The number of likely N-dealkylation sites (tertiary alicyclic amines) is 1. The first-order chi connectivity index (χ1) is 15.8. The minimum Gasteiger partial charge on any atom is -0.491 e. The summed E-state index contributed by atoms with van der Waals surface area (Å²) < 4.78 is 26.9. The molecule has 0 bridgehead atoms. The quantitative estimate of drug-likeness (QED) is 0.484. The first-order valence-electron chi connectivity index (χ1n) is 11.2. The third-order valence-corrected chi connectivity index (χ3v) is 6.62. The number of benzene rings is 2. The van der Waals surface area contributed by atoms with Crippen LogP contribution in [0.3, 0.4) is 0 Å². The van der Waals surface area contributed by atoms with Crippen molar-refractivity contribution in [3.8, 4) is 17.1 Å². The normalized spacial score (nSPS) is 17.0. The zero-order chi connectivity index (χ0) is 21.5. The topological polar surface area (TPSA) is 69.2 Å². The molecule has 2 aromatic heterocycles. The van der Waals surface area contributed by atoms with Crippen molar-refractivity contribution in [2.24, 2.45) is 0 Å². The molecule has 0 unspecified atom stereocenters. The van der Waals surface area contributed by atoms with E-state index in [-0.39, 0.29) is 5.82 Å². The largest absolute Gasteiger partial charge is 0.491 e. The molecule has 2 aromatic carbocycles. The van der Waals surface area contributed by atoms with E-state index in [4.69, 9.17) is 9.26 Å². The molecule has 0 aliphatic carbocycles. The Balaban J connectivity index is 1.11. The lowest BCUT2D eigenvalue weighted by atomic mass is 9.91. The number of hydrogen-bond donors (Lipinski definition) is 0. The highest BCUT2D eigenvalue weighted by Crippen LogP contribution is 2.33. The van der Waals surface area contributed by atoms with Gasteiger partial charge in [-0.2, -0.15) is 0 Å². The number of piperidine rings is 1. The summed E-state index contributed by atoms with van der Waals surface area (Å²) in [6, 6.07) is 12.7. The van der Waals surface area contributed by atoms with E-state index in [1.54, 1.807) is 6.07 Å². The summed E-state index contributed by atoms with van der Waals surface area (Å²) in [6.07, 6.45) is 2.88. The average molecular weight is 433 g/mol. The first kappa shape index (κ1) is 19.4. The van der Waals surface area contributed by atoms with Crippen molar-refractivity contribution >= 4 is 11.0 Å². The van der Waals surface area contributed by atoms with Crippen LogP contribution in [0, 0.1) is 5.82 Å². The molecule has 1 saturated heterocycles. The maximum atomic E-state index is 13.4. The van der Waals surface area contributed by atoms with Gasteiger partial charge in [0.1, 0.15) is 24.0 Å². The van der Waals surface area contributed by atoms with E-state index in [1.165, 1.54) is 12.1 Å². The number of halogens is 1. The Bertz CT molecular complexity index is 1260. The monoisotopic (exact) mass is 433 g/mol. The van der Waals surface area contributed by atoms with Gasteiger partial charge in [-0.05, 0) is 50.2 Å². The van der Waals surface area contributed by atoms with E-state index in [9.17, 15) is 4.39 Å². The Morgan fingerprint density at radius 2 is 1.91 bits per heavy atom. The van der Waals surface area contributed by atoms with Crippen LogP contribution in [-0.2, 0) is 13.0 Å². The zero-order valence-corrected chi connectivity index (χ0v) is 17.7. The zero-order valence-electron chi connectivity index (χ0n) is 17.7. The average Bonchev–Trinajstić information content (AvgIpc) is 3.37. The van der Waals surface area contributed by atoms with Crippen molar-refractivity contribution in [2.75, 3.05) is 26.2 Å². The van der Waals surface area contributed by atoms with Crippen molar-refractivity contribution in [3.05, 3.63) is 59.8 Å². The molecule has 164 valence electrons. The highest BCUT2D eigenvalue weighted by Gasteiger charge is 2.26. The fourth-order valence-corrected chi connectivity index (χ4v) is 4.89. The Morgan fingerprint density at radius 3 is 2.81 bits per heavy atom. The summed E-state index contributed by atoms with van der Waals surface area (Å²) in [6.45, 7) is 4.31. The molecule has 32 heavy (non-hydrogen) atoms. The first-order valence-corrected chi connectivity index (χ1v) is 11.2. The number of aromatic nitrogens is 4. The second-order valence-corrected chi connectivity index (χ2v) is 8.51. The van der Waals surface area contributed by atoms with E-state index in [2.05, 4.69) is 24.8 Å². The number of para-hydroxylation sites is 1. The summed E-state index contributed by atoms with van der Waals surface area (Å²) in [5.41, 5.74) is 2.49. The summed E-state index contributed by atoms with van der Waals surface area (Å²) in [4.78, 5) is 2.47. The maximum absolute atomic E-state index is 13.4. The molecule has 0 N–H and O–H groups in total. The summed E-state index contributed by atoms with van der Waals surface area (Å²) in [5, 5.41) is 14.2. The van der Waals surface area contributed by atoms with Crippen LogP contribution in [0.25, 0.3) is 22.4 Å². The lowest BCUT2D eigenvalue weighted by molar-refractivity contribution is 0.209. The van der Waals surface area contributed by atoms with Crippen LogP contribution in [-0.4, -0.2) is 51.1 Å². The molecule has 7 nitrogen and oxygen atoms in total. The Labute approximate surface area is 184 Å². The SMILES string of the molecule is Fc1ccc2c(C3CCN(CCc4nnc5n4CCOc4ccccc4-5)CC3)noc2c1. The van der Waals surface area contributed by atoms with E-state index < -0.39 is 0 Å². The van der Waals surface area contributed by atoms with Gasteiger partial charge >= 0.3 is 0 Å². The Kier molecular flexibility index (Phi) is 4.87. The fourth-order valence-electron chi connectivity index (χ4n) is 4.89. The molecule has 0 atom stereocenters. The molecule has 6 rings (SSSR count). The highest BCUT2D eigenvalue weighted by atomic mass is 19.1. The van der Waals surface area contributed by atoms with Crippen LogP contribution < -0.4 is 4.74 Å². The fraction of sp³-hybridized carbons (Fsp3) is 0.375. The second-order valence-electron chi connectivity index (χ2n) is 8.51. The highest BCUT2D eigenvalue weighted by molar-refractivity contribution is 5.79. The van der Waals surface area contributed by atoms with Crippen molar-refractivity contribution < 1.29 is 13.7 Å². The smallest absolute Gasteiger partial charge is 0.170 e. The molecular formula is C24H24FN5O2. The molecular weight excluding hydrogens is 409 g/mol. The molecule has 2 aliphatic rings. The van der Waals surface area contributed by atoms with Gasteiger partial charge in [0.15, 0.2) is 11.4 Å². The molecule has 8 heteroatoms. The van der Waals surface area contributed by atoms with E-state index in [1.807, 2.05) is 24.3 Å². The van der Waals surface area contributed by atoms with Crippen molar-refractivity contribution in [1.29, 1.82) is 0 Å². The van der Waals surface area contributed by atoms with Gasteiger partial charge in [-0.15, -0.1) is 10.2 Å². The lowest BCUT2D eigenvalue weighted by Gasteiger charge is -2.31. The van der Waals surface area contributed by atoms with Crippen molar-refractivity contribution in [2.45, 2.75) is 31.7 Å². The van der Waals surface area contributed by atoms with Crippen molar-refractivity contribution in [1.82, 2.24) is 24.8 Å². The molecule has 4 aromatic rings. The summed E-state index contributed by atoms with van der Waals surface area (Å²) >= 11 is 0. The van der Waals surface area contributed by atoms with E-state index in [0.29, 0.717) is 18.1 Å². The van der Waals surface area contributed by atoms with Crippen LogP contribution in [0.2, 0.25) is 0 Å². The minimum absolute atomic E-state index is 0.295. The Hall–Kier alpha value is -3.26. The molecule has 0 saturated carbocycles. The Morgan fingerprint density at radius 1 is 1.03 bits per heavy atom. The summed E-state index contributed by atoms with van der Waals surface area (Å²) in [5.74, 6) is 2.82. The van der Waals surface area contributed by atoms with Gasteiger partial charge in [-0.1, -0.05) is 17.3 Å². The predicted octanol–water partition coefficient (Wildman–Crippen LogP) is 4.04. The van der Waals surface area contributed by atoms with E-state index >= 15 is 0 Å². The van der Waals surface area contributed by atoms with Crippen LogP contribution in [0.5, 0.6) is 5.75 Å². The van der Waals surface area contributed by atoms with Gasteiger partial charge in [0.2, 0.25) is 0 Å². The number of ether oxygens (including phenoxy) is 1. The standard InChI is InChI=1S/C24H24FN5O2/c25-17-5-6-18-21(15-17)32-28-23(18)16-7-10-29(11-8-16)12-9-22-26-27-24-19-3-1-2-4-20(19)31-14-13-30(22)24/h1-6,15-16H,7-14H2. The minimum atomic E-state index is -0.295. The number of rotatable bonds is 4. The van der Waals surface area contributed by atoms with Gasteiger partial charge in [-0.3, -0.25) is 0 Å². The maximum Gasteiger partial charge on any atom is 0.170 e. The van der Waals surface area contributed by atoms with Crippen LogP contribution in [0.4, 0.5) is 4.39 Å². The van der Waals surface area contributed by atoms with E-state index in [0.717, 1.165) is 79.5 Å². The molecule has 1 fully saturated rings. The predicted molar refractivity (Wildman–Crippen MR) is 117 cm³/mol. The van der Waals surface area contributed by atoms with Crippen LogP contribution >= 0.6 is 0 Å². The summed E-state index contributed by atoms with van der Waals surface area (Å²) in [7, 11) is 0. The number of hydrogen-bond acceptors (Lipinski definition) is 6. The number of nitrogens with zero attached hydrogens (tertiary/aromatic N) is 5. The third-order valence-electron chi connectivity index (χ3n) is 6.62. The third kappa shape index (κ3) is 3.44. The van der Waals surface area contributed by atoms with Gasteiger partial charge in [0.05, 0.1) is 17.8 Å². The van der Waals surface area contributed by atoms with Gasteiger partial charge in [0, 0.05) is 30.3 Å². The van der Waals surface area contributed by atoms with Gasteiger partial charge in [-0.25, -0.2) is 4.39 Å². The molecule has 0 amide bonds.